The van der Waals surface area contributed by atoms with Crippen molar-refractivity contribution in [2.24, 2.45) is 62.1 Å². The topological polar surface area (TPSA) is 131 Å². The molecule has 0 aromatic heterocycles. The van der Waals surface area contributed by atoms with Crippen molar-refractivity contribution in [2.45, 2.75) is 158 Å². The van der Waals surface area contributed by atoms with Crippen molar-refractivity contribution in [1.82, 2.24) is 9.80 Å². The van der Waals surface area contributed by atoms with Gasteiger partial charge in [-0.15, -0.1) is 0 Å². The number of nitrogens with zero attached hydrogens (tertiary/aromatic N) is 2. The Morgan fingerprint density at radius 3 is 2.05 bits per heavy atom. The molecule has 0 spiro atoms. The molecular formula is C48H74N2O8. The molecule has 1 amide bonds. The number of carboxylic acids is 1. The molecular weight excluding hydrogens is 733 g/mol. The highest BCUT2D eigenvalue weighted by Crippen LogP contribution is 2.77. The lowest BCUT2D eigenvalue weighted by Crippen LogP contribution is -2.67. The van der Waals surface area contributed by atoms with Crippen molar-refractivity contribution < 1.29 is 38.6 Å². The van der Waals surface area contributed by atoms with Gasteiger partial charge in [-0.1, -0.05) is 46.8 Å². The van der Waals surface area contributed by atoms with Gasteiger partial charge in [-0.2, -0.15) is 0 Å². The lowest BCUT2D eigenvalue weighted by molar-refractivity contribution is -0.248. The number of esters is 1. The predicted octanol–water partition coefficient (Wildman–Crippen LogP) is 9.26. The molecule has 0 bridgehead atoms. The minimum Gasteiger partial charge on any atom is -0.481 e. The van der Waals surface area contributed by atoms with E-state index in [9.17, 15) is 29.1 Å². The number of aliphatic carboxylic acids is 1. The highest BCUT2D eigenvalue weighted by atomic mass is 16.6. The van der Waals surface area contributed by atoms with Crippen LogP contribution in [0, 0.1) is 62.1 Å². The second-order valence-corrected chi connectivity index (χ2v) is 22.6. The summed E-state index contributed by atoms with van der Waals surface area (Å²) in [5.74, 6) is -0.908. The van der Waals surface area contributed by atoms with Crippen molar-refractivity contribution >= 4 is 29.6 Å². The Morgan fingerprint density at radius 1 is 0.793 bits per heavy atom. The van der Waals surface area contributed by atoms with Crippen LogP contribution in [-0.4, -0.2) is 82.4 Å². The highest BCUT2D eigenvalue weighted by Gasteiger charge is 2.72. The van der Waals surface area contributed by atoms with E-state index in [2.05, 4.69) is 53.0 Å². The van der Waals surface area contributed by atoms with Gasteiger partial charge in [0, 0.05) is 55.7 Å². The van der Waals surface area contributed by atoms with E-state index in [-0.39, 0.29) is 69.8 Å². The summed E-state index contributed by atoms with van der Waals surface area (Å²) >= 11 is 0. The summed E-state index contributed by atoms with van der Waals surface area (Å²) in [4.78, 5) is 69.8. The van der Waals surface area contributed by atoms with Gasteiger partial charge in [-0.3, -0.25) is 14.4 Å². The van der Waals surface area contributed by atoms with Crippen LogP contribution in [0.1, 0.15) is 147 Å². The summed E-state index contributed by atoms with van der Waals surface area (Å²) in [7, 11) is 0. The predicted molar refractivity (Wildman–Crippen MR) is 223 cm³/mol. The van der Waals surface area contributed by atoms with Gasteiger partial charge in [0.05, 0.1) is 5.41 Å². The number of ether oxygens (including phenoxy) is 2. The zero-order valence-corrected chi connectivity index (χ0v) is 37.6. The van der Waals surface area contributed by atoms with E-state index in [1.807, 2.05) is 27.0 Å². The number of hydrogen-bond donors (Lipinski definition) is 1. The van der Waals surface area contributed by atoms with E-state index >= 15 is 0 Å². The molecule has 10 nitrogen and oxygen atoms in total. The number of carboxylic acid groups (broad SMARTS) is 1. The molecule has 6 aliphatic rings. The van der Waals surface area contributed by atoms with Gasteiger partial charge in [0.25, 0.3) is 0 Å². The number of amides is 1. The largest absolute Gasteiger partial charge is 0.481 e. The molecule has 10 heteroatoms. The number of carbonyl (C=O) groups excluding carboxylic acids is 4. The van der Waals surface area contributed by atoms with Gasteiger partial charge < -0.3 is 24.4 Å². The van der Waals surface area contributed by atoms with Crippen molar-refractivity contribution in [2.75, 3.05) is 26.2 Å². The van der Waals surface area contributed by atoms with E-state index in [0.717, 1.165) is 56.9 Å². The first-order valence-electron chi connectivity index (χ1n) is 22.3. The summed E-state index contributed by atoms with van der Waals surface area (Å²) < 4.78 is 11.8. The van der Waals surface area contributed by atoms with Gasteiger partial charge in [-0.05, 0) is 152 Å². The standard InChI is InChI=1S/C48H74N2O8/c1-30(2)31-15-21-48(39(53)33(51)29-43(6,7)40(54)55)23-22-46(11)32(38(31)48)13-14-35-45(10)19-17-36(44(8,9)34(45)16-20-47(35,46)12)57-37(52)18-24-49-25-27-50(28-26-49)41(56)58-42(3,4)5/h18,24,31-32,34-36,38H,1,13-17,19-23,25-29H2,2-12H3,(H,54,55)/b24-18+/t31-,32+,34-,35+,36-,38+,45-,46+,47+,48-/m0/s1. The number of fused-ring (bicyclic) bond motifs is 7. The fourth-order valence-electron chi connectivity index (χ4n) is 14.3. The highest BCUT2D eigenvalue weighted by molar-refractivity contribution is 6.39. The average molecular weight is 807 g/mol. The maximum Gasteiger partial charge on any atom is 0.410 e. The van der Waals surface area contributed by atoms with Crippen molar-refractivity contribution in [3.8, 4) is 0 Å². The number of carbonyl (C=O) groups is 5. The van der Waals surface area contributed by atoms with E-state index in [4.69, 9.17) is 9.47 Å². The van der Waals surface area contributed by atoms with Crippen LogP contribution in [-0.2, 0) is 28.7 Å². The number of Topliss-reactive ketones (excluding diaryl/α,β-unsaturated/α-hetero) is 2. The molecule has 0 unspecified atom stereocenters. The summed E-state index contributed by atoms with van der Waals surface area (Å²) in [5.41, 5.74) is -1.65. The maximum absolute atomic E-state index is 14.5. The van der Waals surface area contributed by atoms with Gasteiger partial charge in [0.15, 0.2) is 5.78 Å². The first-order chi connectivity index (χ1) is 26.7. The summed E-state index contributed by atoms with van der Waals surface area (Å²) in [6, 6.07) is 0. The lowest BCUT2D eigenvalue weighted by Gasteiger charge is -2.72. The summed E-state index contributed by atoms with van der Waals surface area (Å²) in [6.07, 6.45) is 11.7. The number of rotatable bonds is 9. The molecule has 1 saturated heterocycles. The Balaban J connectivity index is 1.16. The van der Waals surface area contributed by atoms with Crippen LogP contribution < -0.4 is 0 Å². The minimum absolute atomic E-state index is 0.0313. The van der Waals surface area contributed by atoms with Crippen LogP contribution in [0.15, 0.2) is 24.4 Å². The number of hydrogen-bond acceptors (Lipinski definition) is 8. The van der Waals surface area contributed by atoms with Crippen LogP contribution in [0.25, 0.3) is 0 Å². The van der Waals surface area contributed by atoms with E-state index in [1.165, 1.54) is 13.8 Å². The monoisotopic (exact) mass is 807 g/mol. The van der Waals surface area contributed by atoms with Crippen molar-refractivity contribution in [1.29, 1.82) is 0 Å². The Kier molecular flexibility index (Phi) is 11.5. The molecule has 10 atom stereocenters. The van der Waals surface area contributed by atoms with E-state index in [1.54, 1.807) is 11.0 Å². The quantitative estimate of drug-likeness (QED) is 0.105. The van der Waals surface area contributed by atoms with Gasteiger partial charge in [-0.25, -0.2) is 9.59 Å². The van der Waals surface area contributed by atoms with Crippen LogP contribution in [0.3, 0.4) is 0 Å². The molecule has 324 valence electrons. The first kappa shape index (κ1) is 44.4. The summed E-state index contributed by atoms with van der Waals surface area (Å²) in [6.45, 7) is 29.7. The lowest BCUT2D eigenvalue weighted by atomic mass is 9.32. The van der Waals surface area contributed by atoms with Crippen molar-refractivity contribution in [3.05, 3.63) is 24.4 Å². The molecule has 0 radical (unpaired) electrons. The maximum atomic E-state index is 14.5. The Hall–Kier alpha value is -3.17. The molecule has 6 fully saturated rings. The minimum atomic E-state index is -1.29. The zero-order valence-electron chi connectivity index (χ0n) is 37.6. The van der Waals surface area contributed by atoms with Gasteiger partial charge >= 0.3 is 18.0 Å². The molecule has 0 aromatic rings. The Labute approximate surface area is 348 Å². The van der Waals surface area contributed by atoms with Crippen LogP contribution in [0.5, 0.6) is 0 Å². The second kappa shape index (κ2) is 15.1. The smallest absolute Gasteiger partial charge is 0.410 e. The van der Waals surface area contributed by atoms with Crippen LogP contribution in [0.4, 0.5) is 4.79 Å². The fraction of sp³-hybridized carbons (Fsp3) is 0.812. The number of piperazine rings is 1. The third-order valence-corrected chi connectivity index (χ3v) is 17.5. The zero-order chi connectivity index (χ0) is 43.0. The molecule has 1 aliphatic heterocycles. The number of allylic oxidation sites excluding steroid dienone is 1. The molecule has 58 heavy (non-hydrogen) atoms. The SMILES string of the molecule is C=C(C)[C@@H]1CC[C@]2(C(=O)C(=O)CC(C)(C)C(=O)O)CC[C@]3(C)[C@H](CC[C@@H]4[C@@]5(C)CC[C@H](OC(=O)/C=C/N6CCN(C(=O)OC(C)(C)C)CC6)C(C)(C)[C@@H]5CC[C@]43C)[C@@H]12. The first-order valence-corrected chi connectivity index (χ1v) is 22.3. The second-order valence-electron chi connectivity index (χ2n) is 22.6. The Bertz CT molecular complexity index is 1720. The van der Waals surface area contributed by atoms with Crippen molar-refractivity contribution in [3.63, 3.8) is 0 Å². The molecule has 1 heterocycles. The molecule has 5 saturated carbocycles. The van der Waals surface area contributed by atoms with Gasteiger partial charge in [0.1, 0.15) is 11.7 Å². The number of ketones is 2. The van der Waals surface area contributed by atoms with E-state index in [0.29, 0.717) is 50.9 Å². The summed E-state index contributed by atoms with van der Waals surface area (Å²) in [5, 5.41) is 9.79. The van der Waals surface area contributed by atoms with E-state index < -0.39 is 28.2 Å². The fourth-order valence-corrected chi connectivity index (χ4v) is 14.3. The molecule has 5 aliphatic carbocycles. The average Bonchev–Trinajstić information content (AvgIpc) is 3.52. The third-order valence-electron chi connectivity index (χ3n) is 17.5. The Morgan fingerprint density at radius 2 is 1.45 bits per heavy atom. The van der Waals surface area contributed by atoms with Crippen LogP contribution in [0.2, 0.25) is 0 Å². The van der Waals surface area contributed by atoms with Crippen LogP contribution >= 0.6 is 0 Å². The molecule has 6 rings (SSSR count). The molecule has 0 aromatic carbocycles. The third kappa shape index (κ3) is 7.36. The molecule has 1 N–H and O–H groups in total. The van der Waals surface area contributed by atoms with Gasteiger partial charge in [0.2, 0.25) is 5.78 Å². The normalized spacial score (nSPS) is 38.5.